The monoisotopic (exact) mass is 209 g/mol. The molecule has 0 aliphatic carbocycles. The van der Waals surface area contributed by atoms with Gasteiger partial charge in [0.05, 0.1) is 18.3 Å². The van der Waals surface area contributed by atoms with Crippen molar-refractivity contribution in [3.05, 3.63) is 36.0 Å². The fourth-order valence-electron chi connectivity index (χ4n) is 1.40. The van der Waals surface area contributed by atoms with Gasteiger partial charge in [-0.25, -0.2) is 4.98 Å². The molecule has 0 unspecified atom stereocenters. The zero-order chi connectivity index (χ0) is 9.26. The number of fused-ring (bicyclic) bond motifs is 1. The lowest BCUT2D eigenvalue weighted by Crippen LogP contribution is -1.90. The van der Waals surface area contributed by atoms with Crippen LogP contribution < -0.4 is 4.74 Å². The summed E-state index contributed by atoms with van der Waals surface area (Å²) in [6.07, 6.45) is 0. The predicted molar refractivity (Wildman–Crippen MR) is 60.3 cm³/mol. The Bertz CT molecular complexity index is 442. The SMILES string of the molecule is COc1cc2ccccc2nc1C.Cl. The average molecular weight is 210 g/mol. The van der Waals surface area contributed by atoms with Crippen LogP contribution in [0, 0.1) is 6.92 Å². The third-order valence-electron chi connectivity index (χ3n) is 2.09. The molecule has 2 nitrogen and oxygen atoms in total. The molecule has 0 aliphatic heterocycles. The largest absolute Gasteiger partial charge is 0.495 e. The number of methoxy groups -OCH3 is 1. The Kier molecular flexibility index (Phi) is 3.31. The molecule has 2 rings (SSSR count). The highest BCUT2D eigenvalue weighted by molar-refractivity contribution is 5.85. The highest BCUT2D eigenvalue weighted by Crippen LogP contribution is 2.21. The van der Waals surface area contributed by atoms with E-state index in [0.29, 0.717) is 0 Å². The summed E-state index contributed by atoms with van der Waals surface area (Å²) >= 11 is 0. The van der Waals surface area contributed by atoms with E-state index >= 15 is 0 Å². The Labute approximate surface area is 89.3 Å². The second kappa shape index (κ2) is 4.29. The number of nitrogens with zero attached hydrogens (tertiary/aromatic N) is 1. The van der Waals surface area contributed by atoms with E-state index in [2.05, 4.69) is 4.98 Å². The van der Waals surface area contributed by atoms with Crippen molar-refractivity contribution in [3.8, 4) is 5.75 Å². The van der Waals surface area contributed by atoms with Crippen molar-refractivity contribution in [2.24, 2.45) is 0 Å². The van der Waals surface area contributed by atoms with Crippen LogP contribution in [0.15, 0.2) is 30.3 Å². The van der Waals surface area contributed by atoms with Gasteiger partial charge in [0.15, 0.2) is 0 Å². The molecule has 0 saturated heterocycles. The van der Waals surface area contributed by atoms with Gasteiger partial charge >= 0.3 is 0 Å². The molecule has 0 fully saturated rings. The zero-order valence-corrected chi connectivity index (χ0v) is 8.97. The third kappa shape index (κ3) is 1.80. The number of pyridine rings is 1. The molecule has 1 aromatic carbocycles. The Balaban J connectivity index is 0.000000980. The van der Waals surface area contributed by atoms with Gasteiger partial charge in [-0.05, 0) is 19.1 Å². The molecule has 1 aromatic heterocycles. The normalized spacial score (nSPS) is 9.57. The number of aromatic nitrogens is 1. The number of benzene rings is 1. The highest BCUT2D eigenvalue weighted by Gasteiger charge is 2.01. The average Bonchev–Trinajstić information content (AvgIpc) is 2.17. The van der Waals surface area contributed by atoms with Crippen molar-refractivity contribution in [3.63, 3.8) is 0 Å². The molecule has 2 aromatic rings. The standard InChI is InChI=1S/C11H11NO.ClH/c1-8-11(13-2)7-9-5-3-4-6-10(9)12-8;/h3-7H,1-2H3;1H. The molecule has 1 heterocycles. The molecule has 0 spiro atoms. The molecule has 0 aliphatic rings. The van der Waals surface area contributed by atoms with Crippen LogP contribution in [0.4, 0.5) is 0 Å². The molecule has 14 heavy (non-hydrogen) atoms. The lowest BCUT2D eigenvalue weighted by Gasteiger charge is -2.04. The van der Waals surface area contributed by atoms with Gasteiger partial charge in [-0.1, -0.05) is 18.2 Å². The molecule has 74 valence electrons. The van der Waals surface area contributed by atoms with Crippen molar-refractivity contribution in [2.45, 2.75) is 6.92 Å². The first kappa shape index (κ1) is 10.8. The van der Waals surface area contributed by atoms with Gasteiger partial charge in [0.1, 0.15) is 5.75 Å². The number of ether oxygens (including phenoxy) is 1. The summed E-state index contributed by atoms with van der Waals surface area (Å²) in [7, 11) is 1.67. The van der Waals surface area contributed by atoms with E-state index in [1.54, 1.807) is 7.11 Å². The molecule has 0 radical (unpaired) electrons. The summed E-state index contributed by atoms with van der Waals surface area (Å²) in [6.45, 7) is 1.95. The van der Waals surface area contributed by atoms with E-state index < -0.39 is 0 Å². The van der Waals surface area contributed by atoms with Crippen molar-refractivity contribution in [2.75, 3.05) is 7.11 Å². The Morgan fingerprint density at radius 3 is 2.64 bits per heavy atom. The fraction of sp³-hybridized carbons (Fsp3) is 0.182. The highest BCUT2D eigenvalue weighted by atomic mass is 35.5. The van der Waals surface area contributed by atoms with E-state index in [9.17, 15) is 0 Å². The Morgan fingerprint density at radius 1 is 1.21 bits per heavy atom. The fourth-order valence-corrected chi connectivity index (χ4v) is 1.40. The van der Waals surface area contributed by atoms with Gasteiger partial charge in [-0.2, -0.15) is 0 Å². The number of hydrogen-bond donors (Lipinski definition) is 0. The minimum absolute atomic E-state index is 0. The van der Waals surface area contributed by atoms with Crippen molar-refractivity contribution < 1.29 is 4.74 Å². The maximum absolute atomic E-state index is 5.19. The molecule has 0 atom stereocenters. The van der Waals surface area contributed by atoms with Crippen LogP contribution >= 0.6 is 12.4 Å². The van der Waals surface area contributed by atoms with E-state index in [1.165, 1.54) is 0 Å². The van der Waals surface area contributed by atoms with Gasteiger partial charge in [0.2, 0.25) is 0 Å². The number of hydrogen-bond acceptors (Lipinski definition) is 2. The molecule has 0 N–H and O–H groups in total. The molecule has 0 saturated carbocycles. The van der Waals surface area contributed by atoms with Crippen molar-refractivity contribution >= 4 is 23.3 Å². The van der Waals surface area contributed by atoms with Crippen molar-refractivity contribution in [1.29, 1.82) is 0 Å². The summed E-state index contributed by atoms with van der Waals surface area (Å²) in [5, 5.41) is 1.12. The third-order valence-corrected chi connectivity index (χ3v) is 2.09. The summed E-state index contributed by atoms with van der Waals surface area (Å²) < 4.78 is 5.19. The van der Waals surface area contributed by atoms with Crippen molar-refractivity contribution in [1.82, 2.24) is 4.98 Å². The lowest BCUT2D eigenvalue weighted by atomic mass is 10.2. The molecule has 0 bridgehead atoms. The first-order chi connectivity index (χ1) is 6.31. The van der Waals surface area contributed by atoms with E-state index in [0.717, 1.165) is 22.3 Å². The van der Waals surface area contributed by atoms with E-state index in [1.807, 2.05) is 37.3 Å². The molecule has 3 heteroatoms. The van der Waals surface area contributed by atoms with Crippen LogP contribution in [0.3, 0.4) is 0 Å². The number of para-hydroxylation sites is 1. The van der Waals surface area contributed by atoms with Crippen LogP contribution in [0.25, 0.3) is 10.9 Å². The number of aryl methyl sites for hydroxylation is 1. The smallest absolute Gasteiger partial charge is 0.140 e. The number of rotatable bonds is 1. The van der Waals surface area contributed by atoms with Gasteiger partial charge in [0, 0.05) is 5.39 Å². The Hall–Kier alpha value is -1.28. The summed E-state index contributed by atoms with van der Waals surface area (Å²) in [5.41, 5.74) is 1.95. The van der Waals surface area contributed by atoms with Crippen LogP contribution in [-0.4, -0.2) is 12.1 Å². The van der Waals surface area contributed by atoms with Crippen LogP contribution in [0.2, 0.25) is 0 Å². The predicted octanol–water partition coefficient (Wildman–Crippen LogP) is 2.97. The van der Waals surface area contributed by atoms with Gasteiger partial charge in [-0.3, -0.25) is 0 Å². The van der Waals surface area contributed by atoms with Crippen LogP contribution in [-0.2, 0) is 0 Å². The summed E-state index contributed by atoms with van der Waals surface area (Å²) in [4.78, 5) is 4.42. The van der Waals surface area contributed by atoms with E-state index in [4.69, 9.17) is 4.74 Å². The maximum atomic E-state index is 5.19. The van der Waals surface area contributed by atoms with Crippen LogP contribution in [0.1, 0.15) is 5.69 Å². The topological polar surface area (TPSA) is 22.1 Å². The zero-order valence-electron chi connectivity index (χ0n) is 8.15. The quantitative estimate of drug-likeness (QED) is 0.721. The molecular formula is C11H12ClNO. The maximum Gasteiger partial charge on any atom is 0.140 e. The summed E-state index contributed by atoms with van der Waals surface area (Å²) in [6, 6.07) is 10.0. The van der Waals surface area contributed by atoms with Gasteiger partial charge < -0.3 is 4.74 Å². The van der Waals surface area contributed by atoms with E-state index in [-0.39, 0.29) is 12.4 Å². The minimum Gasteiger partial charge on any atom is -0.495 e. The first-order valence-corrected chi connectivity index (χ1v) is 4.21. The molecule has 0 amide bonds. The molecular weight excluding hydrogens is 198 g/mol. The second-order valence-corrected chi connectivity index (χ2v) is 2.97. The second-order valence-electron chi connectivity index (χ2n) is 2.97. The lowest BCUT2D eigenvalue weighted by molar-refractivity contribution is 0.410. The van der Waals surface area contributed by atoms with Gasteiger partial charge in [0.25, 0.3) is 0 Å². The first-order valence-electron chi connectivity index (χ1n) is 4.21. The van der Waals surface area contributed by atoms with Gasteiger partial charge in [-0.15, -0.1) is 12.4 Å². The summed E-state index contributed by atoms with van der Waals surface area (Å²) in [5.74, 6) is 0.846. The van der Waals surface area contributed by atoms with Crippen LogP contribution in [0.5, 0.6) is 5.75 Å². The number of halogens is 1. The minimum atomic E-state index is 0. The Morgan fingerprint density at radius 2 is 1.93 bits per heavy atom.